The Balaban J connectivity index is 1.95. The van der Waals surface area contributed by atoms with E-state index in [9.17, 15) is 0 Å². The van der Waals surface area contributed by atoms with Crippen molar-refractivity contribution in [1.29, 1.82) is 0 Å². The number of thiophene rings is 1. The number of aryl methyl sites for hydroxylation is 1. The van der Waals surface area contributed by atoms with Gasteiger partial charge in [0.25, 0.3) is 0 Å². The second-order valence-electron chi connectivity index (χ2n) is 4.72. The molecule has 3 nitrogen and oxygen atoms in total. The summed E-state index contributed by atoms with van der Waals surface area (Å²) in [4.78, 5) is 1.25. The number of hydrogen-bond donors (Lipinski definition) is 1. The van der Waals surface area contributed by atoms with Gasteiger partial charge in [-0.15, -0.1) is 11.3 Å². The molecule has 0 spiro atoms. The third-order valence-electron chi connectivity index (χ3n) is 3.12. The minimum absolute atomic E-state index is 0.000741. The molecule has 2 rings (SSSR count). The van der Waals surface area contributed by atoms with Crippen LogP contribution < -0.4 is 5.73 Å². The maximum atomic E-state index is 6.02. The van der Waals surface area contributed by atoms with Crippen molar-refractivity contribution in [3.8, 4) is 0 Å². The molecule has 96 valence electrons. The van der Waals surface area contributed by atoms with Gasteiger partial charge in [0.2, 0.25) is 0 Å². The molecule has 3 unspecified atom stereocenters. The predicted octanol–water partition coefficient (Wildman–Crippen LogP) is 2.64. The average molecular weight is 255 g/mol. The third-order valence-corrected chi connectivity index (χ3v) is 4.20. The van der Waals surface area contributed by atoms with E-state index in [1.54, 1.807) is 11.3 Å². The zero-order valence-electron chi connectivity index (χ0n) is 10.5. The van der Waals surface area contributed by atoms with E-state index in [2.05, 4.69) is 18.4 Å². The van der Waals surface area contributed by atoms with E-state index >= 15 is 0 Å². The quantitative estimate of drug-likeness (QED) is 0.879. The van der Waals surface area contributed by atoms with Crippen molar-refractivity contribution in [3.05, 3.63) is 21.9 Å². The molecule has 1 saturated heterocycles. The van der Waals surface area contributed by atoms with E-state index in [1.807, 2.05) is 6.92 Å². The first-order chi connectivity index (χ1) is 8.18. The zero-order chi connectivity index (χ0) is 12.3. The van der Waals surface area contributed by atoms with Crippen LogP contribution in [0.25, 0.3) is 0 Å². The topological polar surface area (TPSA) is 44.5 Å². The Hall–Kier alpha value is -0.420. The van der Waals surface area contributed by atoms with E-state index < -0.39 is 0 Å². The summed E-state index contributed by atoms with van der Waals surface area (Å²) in [5.41, 5.74) is 7.29. The summed E-state index contributed by atoms with van der Waals surface area (Å²) in [5, 5.41) is 2.09. The standard InChI is InChI=1S/C13H21NO2S/c1-9-5-7-17-13(9)12(10(2)14)16-8-11-4-3-6-15-11/h5,7,10-12H,3-4,6,8,14H2,1-2H3. The smallest absolute Gasteiger partial charge is 0.107 e. The average Bonchev–Trinajstić information content (AvgIpc) is 2.91. The third kappa shape index (κ3) is 3.28. The van der Waals surface area contributed by atoms with Crippen LogP contribution in [0.3, 0.4) is 0 Å². The molecule has 2 heterocycles. The van der Waals surface area contributed by atoms with Gasteiger partial charge in [-0.05, 0) is 43.7 Å². The number of ether oxygens (including phenoxy) is 2. The lowest BCUT2D eigenvalue weighted by Gasteiger charge is -2.23. The number of nitrogens with two attached hydrogens (primary N) is 1. The van der Waals surface area contributed by atoms with E-state index in [1.165, 1.54) is 10.4 Å². The minimum Gasteiger partial charge on any atom is -0.376 e. The summed E-state index contributed by atoms with van der Waals surface area (Å²) in [6.07, 6.45) is 2.51. The molecule has 3 atom stereocenters. The Morgan fingerprint density at radius 1 is 1.65 bits per heavy atom. The van der Waals surface area contributed by atoms with Gasteiger partial charge in [-0.2, -0.15) is 0 Å². The summed E-state index contributed by atoms with van der Waals surface area (Å²) in [6, 6.07) is 2.12. The fourth-order valence-electron chi connectivity index (χ4n) is 2.13. The molecular formula is C13H21NO2S. The molecule has 1 fully saturated rings. The highest BCUT2D eigenvalue weighted by Gasteiger charge is 2.23. The van der Waals surface area contributed by atoms with E-state index in [0.717, 1.165) is 19.4 Å². The highest BCUT2D eigenvalue weighted by Crippen LogP contribution is 2.29. The molecule has 2 N–H and O–H groups in total. The van der Waals surface area contributed by atoms with Gasteiger partial charge in [0, 0.05) is 17.5 Å². The fraction of sp³-hybridized carbons (Fsp3) is 0.692. The molecule has 17 heavy (non-hydrogen) atoms. The van der Waals surface area contributed by atoms with Gasteiger partial charge in [-0.1, -0.05) is 0 Å². The molecular weight excluding hydrogens is 234 g/mol. The van der Waals surface area contributed by atoms with E-state index in [0.29, 0.717) is 6.61 Å². The second-order valence-corrected chi connectivity index (χ2v) is 5.66. The Labute approximate surface area is 107 Å². The van der Waals surface area contributed by atoms with Crippen molar-refractivity contribution in [2.75, 3.05) is 13.2 Å². The normalized spacial score (nSPS) is 23.8. The molecule has 1 aliphatic heterocycles. The van der Waals surface area contributed by atoms with Crippen LogP contribution in [-0.2, 0) is 9.47 Å². The van der Waals surface area contributed by atoms with Crippen molar-refractivity contribution in [1.82, 2.24) is 0 Å². The highest BCUT2D eigenvalue weighted by molar-refractivity contribution is 7.10. The molecule has 0 saturated carbocycles. The first-order valence-corrected chi connectivity index (χ1v) is 7.09. The molecule has 0 amide bonds. The molecule has 0 bridgehead atoms. The maximum Gasteiger partial charge on any atom is 0.107 e. The molecule has 0 radical (unpaired) electrons. The van der Waals surface area contributed by atoms with Crippen molar-refractivity contribution in [3.63, 3.8) is 0 Å². The molecule has 0 aliphatic carbocycles. The van der Waals surface area contributed by atoms with Crippen LogP contribution in [0.4, 0.5) is 0 Å². The van der Waals surface area contributed by atoms with Crippen LogP contribution in [0.5, 0.6) is 0 Å². The Bertz CT molecular complexity index is 345. The van der Waals surface area contributed by atoms with Crippen LogP contribution in [-0.4, -0.2) is 25.4 Å². The van der Waals surface area contributed by atoms with Crippen molar-refractivity contribution >= 4 is 11.3 Å². The maximum absolute atomic E-state index is 6.02. The van der Waals surface area contributed by atoms with Gasteiger partial charge in [0.15, 0.2) is 0 Å². The van der Waals surface area contributed by atoms with Crippen LogP contribution in [0.15, 0.2) is 11.4 Å². The summed E-state index contributed by atoms with van der Waals surface area (Å²) < 4.78 is 11.5. The van der Waals surface area contributed by atoms with Crippen LogP contribution in [0.1, 0.15) is 36.3 Å². The second kappa shape index (κ2) is 5.96. The minimum atomic E-state index is -0.000741. The summed E-state index contributed by atoms with van der Waals surface area (Å²) in [5.74, 6) is 0. The molecule has 4 heteroatoms. The van der Waals surface area contributed by atoms with Crippen molar-refractivity contribution < 1.29 is 9.47 Å². The van der Waals surface area contributed by atoms with Gasteiger partial charge in [0.1, 0.15) is 6.10 Å². The van der Waals surface area contributed by atoms with Crippen molar-refractivity contribution in [2.45, 2.75) is 44.9 Å². The summed E-state index contributed by atoms with van der Waals surface area (Å²) in [6.45, 7) is 5.63. The molecule has 0 aromatic carbocycles. The van der Waals surface area contributed by atoms with Crippen LogP contribution >= 0.6 is 11.3 Å². The SMILES string of the molecule is Cc1ccsc1C(OCC1CCCO1)C(C)N. The first-order valence-electron chi connectivity index (χ1n) is 6.21. The van der Waals surface area contributed by atoms with Crippen LogP contribution in [0.2, 0.25) is 0 Å². The summed E-state index contributed by atoms with van der Waals surface area (Å²) in [7, 11) is 0. The van der Waals surface area contributed by atoms with Crippen LogP contribution in [0, 0.1) is 6.92 Å². The van der Waals surface area contributed by atoms with E-state index in [4.69, 9.17) is 15.2 Å². The number of rotatable bonds is 5. The summed E-state index contributed by atoms with van der Waals surface area (Å²) >= 11 is 1.72. The van der Waals surface area contributed by atoms with Crippen molar-refractivity contribution in [2.24, 2.45) is 5.73 Å². The predicted molar refractivity (Wildman–Crippen MR) is 70.4 cm³/mol. The fourth-order valence-corrected chi connectivity index (χ4v) is 3.22. The highest BCUT2D eigenvalue weighted by atomic mass is 32.1. The monoisotopic (exact) mass is 255 g/mol. The first kappa shape index (κ1) is 13.0. The van der Waals surface area contributed by atoms with Gasteiger partial charge in [-0.3, -0.25) is 0 Å². The number of hydrogen-bond acceptors (Lipinski definition) is 4. The Morgan fingerprint density at radius 3 is 3.00 bits per heavy atom. The van der Waals surface area contributed by atoms with Gasteiger partial charge < -0.3 is 15.2 Å². The Morgan fingerprint density at radius 2 is 2.47 bits per heavy atom. The molecule has 1 aliphatic rings. The lowest BCUT2D eigenvalue weighted by molar-refractivity contribution is -0.0274. The van der Waals surface area contributed by atoms with Gasteiger partial charge in [0.05, 0.1) is 12.7 Å². The molecule has 1 aromatic heterocycles. The lowest BCUT2D eigenvalue weighted by Crippen LogP contribution is -2.29. The molecule has 1 aromatic rings. The largest absolute Gasteiger partial charge is 0.376 e. The van der Waals surface area contributed by atoms with Gasteiger partial charge in [-0.25, -0.2) is 0 Å². The van der Waals surface area contributed by atoms with Gasteiger partial charge >= 0.3 is 0 Å². The Kier molecular flexibility index (Phi) is 4.56. The van der Waals surface area contributed by atoms with E-state index in [-0.39, 0.29) is 18.2 Å². The zero-order valence-corrected chi connectivity index (χ0v) is 11.3. The lowest BCUT2D eigenvalue weighted by atomic mass is 10.1.